The predicted molar refractivity (Wildman–Crippen MR) is 105 cm³/mol. The molecular formula is C20H17N3O2S. The zero-order chi connectivity index (χ0) is 17.9. The highest BCUT2D eigenvalue weighted by Gasteiger charge is 2.11. The maximum Gasteiger partial charge on any atom is 0.230 e. The van der Waals surface area contributed by atoms with E-state index in [0.29, 0.717) is 11.7 Å². The van der Waals surface area contributed by atoms with E-state index in [4.69, 9.17) is 4.74 Å². The molecule has 0 unspecified atom stereocenters. The van der Waals surface area contributed by atoms with Gasteiger partial charge < -0.3 is 10.1 Å². The molecule has 0 aliphatic heterocycles. The number of nitrogens with zero attached hydrogens (tertiary/aromatic N) is 2. The molecule has 130 valence electrons. The van der Waals surface area contributed by atoms with Crippen LogP contribution in [0.2, 0.25) is 0 Å². The number of carbonyl (C=O) groups excluding carboxylic acids is 1. The Hall–Kier alpha value is -2.99. The van der Waals surface area contributed by atoms with Crippen LogP contribution in [0.1, 0.15) is 12.5 Å². The number of thiazole rings is 1. The number of pyridine rings is 1. The molecule has 2 aromatic heterocycles. The van der Waals surface area contributed by atoms with Gasteiger partial charge in [0.25, 0.3) is 0 Å². The van der Waals surface area contributed by atoms with Crippen molar-refractivity contribution in [2.45, 2.75) is 13.3 Å². The van der Waals surface area contributed by atoms with E-state index in [0.717, 1.165) is 32.4 Å². The van der Waals surface area contributed by atoms with E-state index in [2.05, 4.69) is 15.3 Å². The molecule has 4 rings (SSSR count). The summed E-state index contributed by atoms with van der Waals surface area (Å²) in [6.45, 7) is 2.57. The van der Waals surface area contributed by atoms with Crippen molar-refractivity contribution < 1.29 is 9.53 Å². The maximum absolute atomic E-state index is 12.5. The van der Waals surface area contributed by atoms with Crippen LogP contribution in [0, 0.1) is 0 Å². The summed E-state index contributed by atoms with van der Waals surface area (Å²) in [6.07, 6.45) is 2.00. The number of para-hydroxylation sites is 1. The standard InChI is InChI=1S/C20H17N3O2S/c1-2-25-15-8-9-16-17(12-15)26-20(22-16)23-18(24)11-14-6-3-5-13-7-4-10-21-19(13)14/h3-10,12H,2,11H2,1H3,(H,22,23,24). The van der Waals surface area contributed by atoms with E-state index in [-0.39, 0.29) is 12.3 Å². The Morgan fingerprint density at radius 2 is 2.08 bits per heavy atom. The first-order valence-corrected chi connectivity index (χ1v) is 9.20. The number of aromatic nitrogens is 2. The van der Waals surface area contributed by atoms with E-state index >= 15 is 0 Å². The number of carbonyl (C=O) groups is 1. The third kappa shape index (κ3) is 3.36. The molecular weight excluding hydrogens is 346 g/mol. The van der Waals surface area contributed by atoms with E-state index < -0.39 is 0 Å². The molecule has 26 heavy (non-hydrogen) atoms. The van der Waals surface area contributed by atoms with Gasteiger partial charge in [0.1, 0.15) is 5.75 Å². The minimum atomic E-state index is -0.104. The lowest BCUT2D eigenvalue weighted by Crippen LogP contribution is -2.14. The van der Waals surface area contributed by atoms with E-state index in [1.165, 1.54) is 11.3 Å². The van der Waals surface area contributed by atoms with Crippen molar-refractivity contribution in [2.75, 3.05) is 11.9 Å². The number of hydrogen-bond acceptors (Lipinski definition) is 5. The van der Waals surface area contributed by atoms with Gasteiger partial charge >= 0.3 is 0 Å². The largest absolute Gasteiger partial charge is 0.494 e. The fourth-order valence-corrected chi connectivity index (χ4v) is 3.77. The molecule has 2 aromatic carbocycles. The third-order valence-electron chi connectivity index (χ3n) is 3.98. The molecule has 6 heteroatoms. The van der Waals surface area contributed by atoms with Crippen LogP contribution in [0.25, 0.3) is 21.1 Å². The number of anilines is 1. The van der Waals surface area contributed by atoms with Crippen molar-refractivity contribution >= 4 is 43.5 Å². The lowest BCUT2D eigenvalue weighted by molar-refractivity contribution is -0.115. The Morgan fingerprint density at radius 3 is 2.96 bits per heavy atom. The van der Waals surface area contributed by atoms with Crippen LogP contribution in [-0.4, -0.2) is 22.5 Å². The van der Waals surface area contributed by atoms with Crippen LogP contribution in [0.15, 0.2) is 54.7 Å². The maximum atomic E-state index is 12.5. The molecule has 0 saturated carbocycles. The second kappa shape index (κ2) is 7.09. The molecule has 5 nitrogen and oxygen atoms in total. The first-order chi connectivity index (χ1) is 12.7. The van der Waals surface area contributed by atoms with Crippen molar-refractivity contribution in [1.29, 1.82) is 0 Å². The Labute approximate surface area is 154 Å². The van der Waals surface area contributed by atoms with E-state index in [9.17, 15) is 4.79 Å². The summed E-state index contributed by atoms with van der Waals surface area (Å²) in [4.78, 5) is 21.3. The van der Waals surface area contributed by atoms with Gasteiger partial charge in [-0.05, 0) is 36.8 Å². The molecule has 0 aliphatic carbocycles. The van der Waals surface area contributed by atoms with E-state index in [1.54, 1.807) is 6.20 Å². The molecule has 1 amide bonds. The second-order valence-electron chi connectivity index (χ2n) is 5.80. The van der Waals surface area contributed by atoms with E-state index in [1.807, 2.05) is 55.5 Å². The number of fused-ring (bicyclic) bond motifs is 2. The van der Waals surface area contributed by atoms with Crippen LogP contribution >= 0.6 is 11.3 Å². The summed E-state index contributed by atoms with van der Waals surface area (Å²) in [5, 5.41) is 4.51. The highest BCUT2D eigenvalue weighted by atomic mass is 32.1. The average molecular weight is 363 g/mol. The summed E-state index contributed by atoms with van der Waals surface area (Å²) < 4.78 is 6.49. The Morgan fingerprint density at radius 1 is 1.19 bits per heavy atom. The number of ether oxygens (including phenoxy) is 1. The van der Waals surface area contributed by atoms with Gasteiger partial charge in [0, 0.05) is 11.6 Å². The Kier molecular flexibility index (Phi) is 4.50. The number of amides is 1. The summed E-state index contributed by atoms with van der Waals surface area (Å²) >= 11 is 1.44. The predicted octanol–water partition coefficient (Wildman–Crippen LogP) is 4.42. The lowest BCUT2D eigenvalue weighted by Gasteiger charge is -2.05. The molecule has 0 aliphatic rings. The summed E-state index contributed by atoms with van der Waals surface area (Å²) in [6, 6.07) is 15.5. The van der Waals surface area contributed by atoms with Crippen molar-refractivity contribution in [2.24, 2.45) is 0 Å². The average Bonchev–Trinajstić information content (AvgIpc) is 3.03. The van der Waals surface area contributed by atoms with Crippen LogP contribution in [0.5, 0.6) is 5.75 Å². The Bertz CT molecular complexity index is 1090. The fraction of sp³-hybridized carbons (Fsp3) is 0.150. The van der Waals surface area contributed by atoms with Gasteiger partial charge in [-0.3, -0.25) is 9.78 Å². The van der Waals surface area contributed by atoms with Crippen molar-refractivity contribution in [3.63, 3.8) is 0 Å². The van der Waals surface area contributed by atoms with Crippen molar-refractivity contribution in [3.8, 4) is 5.75 Å². The number of rotatable bonds is 5. The van der Waals surface area contributed by atoms with Crippen LogP contribution in [0.4, 0.5) is 5.13 Å². The molecule has 0 spiro atoms. The topological polar surface area (TPSA) is 64.1 Å². The lowest BCUT2D eigenvalue weighted by atomic mass is 10.1. The minimum absolute atomic E-state index is 0.104. The first kappa shape index (κ1) is 16.5. The van der Waals surface area contributed by atoms with Crippen molar-refractivity contribution in [1.82, 2.24) is 9.97 Å². The van der Waals surface area contributed by atoms with Crippen molar-refractivity contribution in [3.05, 3.63) is 60.3 Å². The molecule has 0 atom stereocenters. The zero-order valence-electron chi connectivity index (χ0n) is 14.2. The molecule has 4 aromatic rings. The fourth-order valence-electron chi connectivity index (χ4n) is 2.86. The Balaban J connectivity index is 1.53. The number of benzene rings is 2. The minimum Gasteiger partial charge on any atom is -0.494 e. The second-order valence-corrected chi connectivity index (χ2v) is 6.83. The highest BCUT2D eigenvalue weighted by molar-refractivity contribution is 7.22. The van der Waals surface area contributed by atoms with Gasteiger partial charge in [-0.15, -0.1) is 0 Å². The highest BCUT2D eigenvalue weighted by Crippen LogP contribution is 2.29. The van der Waals surface area contributed by atoms with Crippen LogP contribution in [-0.2, 0) is 11.2 Å². The zero-order valence-corrected chi connectivity index (χ0v) is 15.0. The number of nitrogens with one attached hydrogen (secondary N) is 1. The van der Waals surface area contributed by atoms with Gasteiger partial charge in [0.15, 0.2) is 5.13 Å². The summed E-state index contributed by atoms with van der Waals surface area (Å²) in [7, 11) is 0. The number of hydrogen-bond donors (Lipinski definition) is 1. The third-order valence-corrected chi connectivity index (χ3v) is 4.92. The molecule has 0 saturated heterocycles. The smallest absolute Gasteiger partial charge is 0.230 e. The first-order valence-electron chi connectivity index (χ1n) is 8.39. The quantitative estimate of drug-likeness (QED) is 0.570. The molecule has 2 heterocycles. The normalized spacial score (nSPS) is 11.0. The molecule has 0 radical (unpaired) electrons. The van der Waals surface area contributed by atoms with Gasteiger partial charge in [-0.25, -0.2) is 4.98 Å². The van der Waals surface area contributed by atoms with Gasteiger partial charge in [-0.1, -0.05) is 35.6 Å². The SMILES string of the molecule is CCOc1ccc2nc(NC(=O)Cc3cccc4cccnc34)sc2c1. The molecule has 0 fully saturated rings. The van der Waals surface area contributed by atoms with Crippen LogP contribution < -0.4 is 10.1 Å². The van der Waals surface area contributed by atoms with Gasteiger partial charge in [0.2, 0.25) is 5.91 Å². The summed E-state index contributed by atoms with van der Waals surface area (Å²) in [5.41, 5.74) is 2.61. The van der Waals surface area contributed by atoms with Gasteiger partial charge in [-0.2, -0.15) is 0 Å². The van der Waals surface area contributed by atoms with Gasteiger partial charge in [0.05, 0.1) is 28.8 Å². The molecule has 1 N–H and O–H groups in total. The van der Waals surface area contributed by atoms with Crippen LogP contribution in [0.3, 0.4) is 0 Å². The summed E-state index contributed by atoms with van der Waals surface area (Å²) in [5.74, 6) is 0.704. The molecule has 0 bridgehead atoms. The monoisotopic (exact) mass is 363 g/mol.